The van der Waals surface area contributed by atoms with Crippen LogP contribution in [0.1, 0.15) is 114 Å². The summed E-state index contributed by atoms with van der Waals surface area (Å²) in [5, 5.41) is 2.44. The number of fused-ring (bicyclic) bond motifs is 1. The van der Waals surface area contributed by atoms with E-state index in [0.29, 0.717) is 17.4 Å². The summed E-state index contributed by atoms with van der Waals surface area (Å²) in [6.07, 6.45) is 14.6. The number of hydrogen-bond acceptors (Lipinski definition) is 1. The van der Waals surface area contributed by atoms with Gasteiger partial charge in [-0.15, -0.1) is 0 Å². The van der Waals surface area contributed by atoms with Crippen LogP contribution < -0.4 is 5.59 Å². The first kappa shape index (κ1) is 23.6. The summed E-state index contributed by atoms with van der Waals surface area (Å²) in [5.74, 6) is 1.39. The Bertz CT molecular complexity index is 1110. The molecule has 0 aliphatic heterocycles. The summed E-state index contributed by atoms with van der Waals surface area (Å²) in [6, 6.07) is 16.4. The van der Waals surface area contributed by atoms with E-state index >= 15 is 0 Å². The van der Waals surface area contributed by atoms with Crippen LogP contribution in [0.3, 0.4) is 0 Å². The van der Waals surface area contributed by atoms with Gasteiger partial charge in [0, 0.05) is 10.9 Å². The third-order valence-electron chi connectivity index (χ3n) is 8.05. The molecule has 1 heterocycles. The zero-order chi connectivity index (χ0) is 23.7. The van der Waals surface area contributed by atoms with Gasteiger partial charge in [-0.2, -0.15) is 0 Å². The molecule has 0 N–H and O–H groups in total. The number of aromatic nitrogens is 1. The fourth-order valence-electron chi connectivity index (χ4n) is 6.43. The minimum Gasteiger partial charge on any atom is -0.264 e. The van der Waals surface area contributed by atoms with Gasteiger partial charge in [-0.25, -0.2) is 0 Å². The highest BCUT2D eigenvalue weighted by molar-refractivity contribution is 6.32. The zero-order valence-electron chi connectivity index (χ0n) is 21.5. The van der Waals surface area contributed by atoms with Gasteiger partial charge in [-0.3, -0.25) is 4.98 Å². The molecule has 0 spiro atoms. The minimum atomic E-state index is 0.262. The molecule has 0 bridgehead atoms. The highest BCUT2D eigenvalue weighted by Gasteiger charge is 2.22. The second-order valence-corrected chi connectivity index (χ2v) is 12.2. The van der Waals surface area contributed by atoms with Crippen molar-refractivity contribution in [3.8, 4) is 11.3 Å². The van der Waals surface area contributed by atoms with Crippen LogP contribution in [0.4, 0.5) is 0 Å². The predicted octanol–water partition coefficient (Wildman–Crippen LogP) is 8.38. The van der Waals surface area contributed by atoms with Crippen molar-refractivity contribution in [1.82, 2.24) is 4.98 Å². The molecule has 176 valence electrons. The van der Waals surface area contributed by atoms with Gasteiger partial charge in [0.1, 0.15) is 7.85 Å². The quantitative estimate of drug-likeness (QED) is 0.365. The van der Waals surface area contributed by atoms with Crippen LogP contribution >= 0.6 is 0 Å². The van der Waals surface area contributed by atoms with E-state index in [1.54, 1.807) is 11.1 Å². The molecule has 1 nitrogen and oxygen atoms in total. The van der Waals surface area contributed by atoms with Gasteiger partial charge in [0.25, 0.3) is 0 Å². The molecule has 5 rings (SSSR count). The van der Waals surface area contributed by atoms with Crippen LogP contribution in [0.5, 0.6) is 0 Å². The van der Waals surface area contributed by atoms with Gasteiger partial charge in [0.2, 0.25) is 0 Å². The van der Waals surface area contributed by atoms with Gasteiger partial charge in [0.05, 0.1) is 5.69 Å². The van der Waals surface area contributed by atoms with Crippen LogP contribution in [-0.2, 0) is 6.42 Å². The van der Waals surface area contributed by atoms with E-state index < -0.39 is 0 Å². The van der Waals surface area contributed by atoms with Crippen molar-refractivity contribution in [2.24, 2.45) is 5.41 Å². The molecule has 0 saturated heterocycles. The number of benzene rings is 2. The minimum absolute atomic E-state index is 0.262. The van der Waals surface area contributed by atoms with Gasteiger partial charge in [0.15, 0.2) is 0 Å². The maximum Gasteiger partial charge on any atom is 0.141 e. The SMILES string of the molecule is [B]c1cc2cc(CC(C)(C)C)ccc2c(-c2cc(C3CCCCC3)cc(C3CCCCC3)c2)n1. The van der Waals surface area contributed by atoms with Crippen molar-refractivity contribution in [1.29, 1.82) is 0 Å². The van der Waals surface area contributed by atoms with Crippen molar-refractivity contribution in [2.75, 3.05) is 0 Å². The molecule has 3 aromatic rings. The van der Waals surface area contributed by atoms with E-state index in [1.165, 1.54) is 86.1 Å². The Balaban J connectivity index is 1.61. The molecular weight excluding hydrogens is 409 g/mol. The van der Waals surface area contributed by atoms with Crippen molar-refractivity contribution >= 4 is 24.2 Å². The first-order valence-electron chi connectivity index (χ1n) is 13.7. The number of nitrogens with zero attached hydrogens (tertiary/aromatic N) is 1. The Morgan fingerprint density at radius 2 is 1.35 bits per heavy atom. The topological polar surface area (TPSA) is 12.9 Å². The molecule has 1 aromatic heterocycles. The molecule has 0 unspecified atom stereocenters. The molecule has 2 heteroatoms. The highest BCUT2D eigenvalue weighted by atomic mass is 14.7. The van der Waals surface area contributed by atoms with Crippen LogP contribution in [0.2, 0.25) is 0 Å². The average molecular weight is 449 g/mol. The summed E-state index contributed by atoms with van der Waals surface area (Å²) < 4.78 is 0. The van der Waals surface area contributed by atoms with Gasteiger partial charge in [-0.1, -0.05) is 83.6 Å². The standard InChI is InChI=1S/C32H40BN/c1-32(2,3)21-22-14-15-29-27(16-22)20-30(33)34-31(29)28-18-25(23-10-6-4-7-11-23)17-26(19-28)24-12-8-5-9-13-24/h14-20,23-24H,4-13,21H2,1-3H3. The van der Waals surface area contributed by atoms with Gasteiger partial charge < -0.3 is 0 Å². The number of hydrogen-bond donors (Lipinski definition) is 0. The van der Waals surface area contributed by atoms with Crippen molar-refractivity contribution in [2.45, 2.75) is 103 Å². The van der Waals surface area contributed by atoms with E-state index in [1.807, 2.05) is 0 Å². The molecule has 0 atom stereocenters. The number of pyridine rings is 1. The number of rotatable bonds is 4. The molecule has 2 aromatic carbocycles. The Hall–Kier alpha value is -2.09. The third-order valence-corrected chi connectivity index (χ3v) is 8.05. The zero-order valence-corrected chi connectivity index (χ0v) is 21.5. The highest BCUT2D eigenvalue weighted by Crippen LogP contribution is 2.40. The van der Waals surface area contributed by atoms with Crippen LogP contribution in [0.15, 0.2) is 42.5 Å². The van der Waals surface area contributed by atoms with E-state index in [2.05, 4.69) is 63.2 Å². The van der Waals surface area contributed by atoms with Gasteiger partial charge in [-0.05, 0) is 95.2 Å². The monoisotopic (exact) mass is 449 g/mol. The van der Waals surface area contributed by atoms with E-state index in [-0.39, 0.29) is 5.41 Å². The van der Waals surface area contributed by atoms with Crippen molar-refractivity contribution in [3.05, 3.63) is 59.2 Å². The van der Waals surface area contributed by atoms with E-state index in [0.717, 1.165) is 12.1 Å². The Morgan fingerprint density at radius 1 is 0.765 bits per heavy atom. The second kappa shape index (κ2) is 9.88. The fraction of sp³-hybridized carbons (Fsp3) is 0.531. The fourth-order valence-corrected chi connectivity index (χ4v) is 6.43. The normalized spacial score (nSPS) is 18.4. The third kappa shape index (κ3) is 5.42. The maximum absolute atomic E-state index is 6.39. The largest absolute Gasteiger partial charge is 0.264 e. The lowest BCUT2D eigenvalue weighted by molar-refractivity contribution is 0.411. The molecule has 2 saturated carbocycles. The molecule has 0 amide bonds. The Kier molecular flexibility index (Phi) is 6.87. The predicted molar refractivity (Wildman–Crippen MR) is 147 cm³/mol. The molecular formula is C32H40BN. The summed E-state index contributed by atoms with van der Waals surface area (Å²) in [6.45, 7) is 6.90. The molecule has 2 aliphatic carbocycles. The summed E-state index contributed by atoms with van der Waals surface area (Å²) in [5.41, 5.74) is 7.67. The van der Waals surface area contributed by atoms with Gasteiger partial charge >= 0.3 is 0 Å². The van der Waals surface area contributed by atoms with Crippen molar-refractivity contribution in [3.63, 3.8) is 0 Å². The summed E-state index contributed by atoms with van der Waals surface area (Å²) in [4.78, 5) is 4.93. The smallest absolute Gasteiger partial charge is 0.141 e. The maximum atomic E-state index is 6.39. The summed E-state index contributed by atoms with van der Waals surface area (Å²) >= 11 is 0. The average Bonchev–Trinajstić information content (AvgIpc) is 2.83. The molecule has 34 heavy (non-hydrogen) atoms. The first-order chi connectivity index (χ1) is 16.4. The second-order valence-electron chi connectivity index (χ2n) is 12.2. The van der Waals surface area contributed by atoms with Crippen LogP contribution in [0, 0.1) is 5.41 Å². The molecule has 2 aliphatic rings. The van der Waals surface area contributed by atoms with Crippen molar-refractivity contribution < 1.29 is 0 Å². The molecule has 2 radical (unpaired) electrons. The Morgan fingerprint density at radius 3 is 1.91 bits per heavy atom. The lowest BCUT2D eigenvalue weighted by Crippen LogP contribution is -2.12. The lowest BCUT2D eigenvalue weighted by Gasteiger charge is -2.27. The van der Waals surface area contributed by atoms with Crippen LogP contribution in [-0.4, -0.2) is 12.8 Å². The Labute approximate surface area is 208 Å². The summed E-state index contributed by atoms with van der Waals surface area (Å²) in [7, 11) is 6.39. The van der Waals surface area contributed by atoms with E-state index in [9.17, 15) is 0 Å². The van der Waals surface area contributed by atoms with Crippen LogP contribution in [0.25, 0.3) is 22.0 Å². The molecule has 2 fully saturated rings. The first-order valence-corrected chi connectivity index (χ1v) is 13.7. The lowest BCUT2D eigenvalue weighted by atomic mass is 9.78. The van der Waals surface area contributed by atoms with E-state index in [4.69, 9.17) is 12.8 Å².